The number of benzene rings is 1. The molecule has 2 rings (SSSR count). The maximum atomic E-state index is 12.3. The number of aromatic nitrogens is 1. The summed E-state index contributed by atoms with van der Waals surface area (Å²) in [6.07, 6.45) is 0. The van der Waals surface area contributed by atoms with Crippen molar-refractivity contribution in [2.75, 3.05) is 0 Å². The van der Waals surface area contributed by atoms with E-state index in [1.54, 1.807) is 11.6 Å². The minimum atomic E-state index is 0.0296. The third kappa shape index (κ3) is 1.97. The van der Waals surface area contributed by atoms with E-state index in [9.17, 15) is 4.79 Å². The Morgan fingerprint density at radius 2 is 1.89 bits per heavy atom. The third-order valence-corrected chi connectivity index (χ3v) is 3.58. The number of hydrogen-bond donors (Lipinski definition) is 1. The van der Waals surface area contributed by atoms with Crippen molar-refractivity contribution in [1.82, 2.24) is 4.57 Å². The fourth-order valence-electron chi connectivity index (χ4n) is 2.13. The van der Waals surface area contributed by atoms with Crippen molar-refractivity contribution < 1.29 is 0 Å². The molecule has 1 aromatic heterocycles. The van der Waals surface area contributed by atoms with E-state index in [-0.39, 0.29) is 5.56 Å². The van der Waals surface area contributed by atoms with E-state index in [2.05, 4.69) is 17.2 Å². The summed E-state index contributed by atoms with van der Waals surface area (Å²) < 4.78 is 5.60. The molecule has 0 aliphatic heterocycles. The van der Waals surface area contributed by atoms with Crippen LogP contribution in [0.5, 0.6) is 0 Å². The molecule has 0 bridgehead atoms. The van der Waals surface area contributed by atoms with Crippen molar-refractivity contribution in [2.24, 2.45) is 11.4 Å². The molecule has 18 heavy (non-hydrogen) atoms. The number of hydrogen-bond acceptors (Lipinski definition) is 3. The van der Waals surface area contributed by atoms with Gasteiger partial charge in [-0.3, -0.25) is 4.79 Å². The zero-order valence-electron chi connectivity index (χ0n) is 11.0. The van der Waals surface area contributed by atoms with Crippen LogP contribution in [0.3, 0.4) is 0 Å². The Labute approximate surface area is 112 Å². The van der Waals surface area contributed by atoms with Gasteiger partial charge in [-0.25, -0.2) is 4.40 Å². The maximum Gasteiger partial charge on any atom is 0.258 e. The number of pyridine rings is 1. The van der Waals surface area contributed by atoms with Crippen LogP contribution in [0, 0.1) is 13.8 Å². The topological polar surface area (TPSA) is 34.4 Å². The van der Waals surface area contributed by atoms with Crippen LogP contribution in [-0.2, 0) is 7.05 Å². The second kappa shape index (κ2) is 4.61. The van der Waals surface area contributed by atoms with Gasteiger partial charge in [-0.2, -0.15) is 0 Å². The van der Waals surface area contributed by atoms with Crippen LogP contribution < -0.4 is 5.56 Å². The van der Waals surface area contributed by atoms with Gasteiger partial charge in [0.25, 0.3) is 5.56 Å². The molecular formula is C14H16N2OS. The first kappa shape index (κ1) is 12.9. The quantitative estimate of drug-likeness (QED) is 0.621. The molecule has 0 N–H and O–H groups in total. The van der Waals surface area contributed by atoms with Crippen LogP contribution in [0.15, 0.2) is 27.4 Å². The molecule has 4 heteroatoms. The molecule has 0 saturated carbocycles. The van der Waals surface area contributed by atoms with Crippen molar-refractivity contribution in [2.45, 2.75) is 20.8 Å². The third-order valence-electron chi connectivity index (χ3n) is 3.28. The molecule has 1 aromatic carbocycles. The largest absolute Gasteiger partial charge is 0.315 e. The lowest BCUT2D eigenvalue weighted by Crippen LogP contribution is -2.19. The van der Waals surface area contributed by atoms with Gasteiger partial charge in [0.05, 0.1) is 5.71 Å². The highest BCUT2D eigenvalue weighted by Gasteiger charge is 2.10. The van der Waals surface area contributed by atoms with Gasteiger partial charge in [0.2, 0.25) is 0 Å². The Bertz CT molecular complexity index is 714. The van der Waals surface area contributed by atoms with Crippen LogP contribution >= 0.6 is 12.8 Å². The first-order valence-corrected chi connectivity index (χ1v) is 6.15. The molecule has 1 heterocycles. The lowest BCUT2D eigenvalue weighted by molar-refractivity contribution is 0.830. The normalized spacial score (nSPS) is 12.2. The van der Waals surface area contributed by atoms with E-state index in [0.29, 0.717) is 0 Å². The standard InChI is InChI=1S/C14H16N2OS/c1-8-5-11(10(3)15-18)12-7-9(2)16(4)14(17)13(12)6-8/h5-7,18H,1-4H3/b15-10+. The average molecular weight is 260 g/mol. The van der Waals surface area contributed by atoms with E-state index >= 15 is 0 Å². The van der Waals surface area contributed by atoms with E-state index in [1.165, 1.54) is 0 Å². The Morgan fingerprint density at radius 1 is 1.22 bits per heavy atom. The summed E-state index contributed by atoms with van der Waals surface area (Å²) in [4.78, 5) is 12.3. The summed E-state index contributed by atoms with van der Waals surface area (Å²) >= 11 is 3.96. The average Bonchev–Trinajstić information content (AvgIpc) is 2.35. The molecular weight excluding hydrogens is 244 g/mol. The summed E-state index contributed by atoms with van der Waals surface area (Å²) in [7, 11) is 1.79. The fourth-order valence-corrected chi connectivity index (χ4v) is 2.24. The molecule has 94 valence electrons. The molecule has 0 unspecified atom stereocenters. The van der Waals surface area contributed by atoms with Gasteiger partial charge in [0.1, 0.15) is 0 Å². The smallest absolute Gasteiger partial charge is 0.258 e. The highest BCUT2D eigenvalue weighted by molar-refractivity contribution is 7.79. The zero-order chi connectivity index (χ0) is 13.4. The predicted molar refractivity (Wildman–Crippen MR) is 79.9 cm³/mol. The Morgan fingerprint density at radius 3 is 2.50 bits per heavy atom. The van der Waals surface area contributed by atoms with Gasteiger partial charge >= 0.3 is 0 Å². The van der Waals surface area contributed by atoms with E-state index < -0.39 is 0 Å². The van der Waals surface area contributed by atoms with Crippen molar-refractivity contribution in [3.05, 3.63) is 45.4 Å². The molecule has 3 nitrogen and oxygen atoms in total. The van der Waals surface area contributed by atoms with E-state index in [4.69, 9.17) is 0 Å². The number of thiol groups is 1. The number of fused-ring (bicyclic) bond motifs is 1. The number of nitrogens with zero attached hydrogens (tertiary/aromatic N) is 2. The van der Waals surface area contributed by atoms with Gasteiger partial charge in [-0.05, 0) is 62.7 Å². The highest BCUT2D eigenvalue weighted by Crippen LogP contribution is 2.20. The first-order chi connectivity index (χ1) is 8.45. The minimum Gasteiger partial charge on any atom is -0.315 e. The molecule has 0 fully saturated rings. The molecule has 0 atom stereocenters. The monoisotopic (exact) mass is 260 g/mol. The van der Waals surface area contributed by atoms with E-state index in [1.807, 2.05) is 39.0 Å². The van der Waals surface area contributed by atoms with E-state index in [0.717, 1.165) is 33.3 Å². The second-order valence-corrected chi connectivity index (χ2v) is 4.81. The fraction of sp³-hybridized carbons (Fsp3) is 0.286. The zero-order valence-corrected chi connectivity index (χ0v) is 11.9. The molecule has 0 amide bonds. The molecule has 2 aromatic rings. The predicted octanol–water partition coefficient (Wildman–Crippen LogP) is 2.81. The van der Waals surface area contributed by atoms with Gasteiger partial charge in [0, 0.05) is 23.7 Å². The molecule has 0 aliphatic rings. The van der Waals surface area contributed by atoms with Crippen LogP contribution in [-0.4, -0.2) is 10.3 Å². The lowest BCUT2D eigenvalue weighted by Gasteiger charge is -2.11. The summed E-state index contributed by atoms with van der Waals surface area (Å²) in [5, 5.41) is 1.67. The minimum absolute atomic E-state index is 0.0296. The van der Waals surface area contributed by atoms with Gasteiger partial charge < -0.3 is 4.57 Å². The number of rotatable bonds is 1. The molecule has 0 saturated heterocycles. The van der Waals surface area contributed by atoms with Gasteiger partial charge in [-0.1, -0.05) is 0 Å². The second-order valence-electron chi connectivity index (χ2n) is 4.61. The molecule has 0 spiro atoms. The summed E-state index contributed by atoms with van der Waals surface area (Å²) in [6, 6.07) is 5.98. The van der Waals surface area contributed by atoms with Crippen LogP contribution in [0.25, 0.3) is 10.8 Å². The Balaban J connectivity index is 3.02. The summed E-state index contributed by atoms with van der Waals surface area (Å²) in [5.41, 5.74) is 3.81. The van der Waals surface area contributed by atoms with Crippen molar-refractivity contribution >= 4 is 29.3 Å². The lowest BCUT2D eigenvalue weighted by atomic mass is 9.99. The van der Waals surface area contributed by atoms with Crippen molar-refractivity contribution in [3.8, 4) is 0 Å². The SMILES string of the molecule is C/C(=N\S)c1cc(C)cc2c(=O)n(C)c(C)cc12. The van der Waals surface area contributed by atoms with Crippen LogP contribution in [0.2, 0.25) is 0 Å². The van der Waals surface area contributed by atoms with Crippen LogP contribution in [0.4, 0.5) is 0 Å². The summed E-state index contributed by atoms with van der Waals surface area (Å²) in [5.74, 6) is 0. The van der Waals surface area contributed by atoms with Crippen molar-refractivity contribution in [3.63, 3.8) is 0 Å². The maximum absolute atomic E-state index is 12.3. The van der Waals surface area contributed by atoms with Crippen LogP contribution in [0.1, 0.15) is 23.7 Å². The Kier molecular flexibility index (Phi) is 3.30. The van der Waals surface area contributed by atoms with Gasteiger partial charge in [0.15, 0.2) is 0 Å². The van der Waals surface area contributed by atoms with Crippen molar-refractivity contribution in [1.29, 1.82) is 0 Å². The molecule has 0 aliphatic carbocycles. The number of aryl methyl sites for hydroxylation is 2. The Hall–Kier alpha value is -1.55. The molecule has 0 radical (unpaired) electrons. The van der Waals surface area contributed by atoms with Gasteiger partial charge in [-0.15, -0.1) is 0 Å². The summed E-state index contributed by atoms with van der Waals surface area (Å²) in [6.45, 7) is 5.81. The highest BCUT2D eigenvalue weighted by atomic mass is 32.1. The first-order valence-electron chi connectivity index (χ1n) is 5.75.